The van der Waals surface area contributed by atoms with E-state index in [0.29, 0.717) is 12.6 Å². The molecule has 0 saturated carbocycles. The van der Waals surface area contributed by atoms with Crippen molar-refractivity contribution >= 4 is 21.4 Å². The summed E-state index contributed by atoms with van der Waals surface area (Å²) in [6, 6.07) is 11.1. The highest BCUT2D eigenvalue weighted by Gasteiger charge is 2.08. The van der Waals surface area contributed by atoms with Crippen molar-refractivity contribution in [2.45, 2.75) is 38.8 Å². The largest absolute Gasteiger partial charge is 0.481 e. The van der Waals surface area contributed by atoms with Gasteiger partial charge >= 0.3 is 5.97 Å². The predicted molar refractivity (Wildman–Crippen MR) is 85.1 cm³/mol. The Morgan fingerprint density at radius 1 is 1.30 bits per heavy atom. The Morgan fingerprint density at radius 3 is 2.60 bits per heavy atom. The highest BCUT2D eigenvalue weighted by Crippen LogP contribution is 2.14. The van der Waals surface area contributed by atoms with Crippen molar-refractivity contribution in [3.63, 3.8) is 0 Å². The van der Waals surface area contributed by atoms with Gasteiger partial charge in [-0.25, -0.2) is 0 Å². The Hall–Kier alpha value is -1.33. The molecular formula is C15H25NO3Si. The zero-order valence-electron chi connectivity index (χ0n) is 12.4. The third-order valence-corrected chi connectivity index (χ3v) is 4.68. The first kappa shape index (κ1) is 16.7. The van der Waals surface area contributed by atoms with Crippen LogP contribution in [0.5, 0.6) is 0 Å². The van der Waals surface area contributed by atoms with Crippen molar-refractivity contribution < 1.29 is 14.3 Å². The van der Waals surface area contributed by atoms with Crippen molar-refractivity contribution in [1.29, 1.82) is 0 Å². The Bertz CT molecular complexity index is 384. The molecule has 5 heteroatoms. The predicted octanol–water partition coefficient (Wildman–Crippen LogP) is 2.28. The zero-order chi connectivity index (χ0) is 14.8. The highest BCUT2D eigenvalue weighted by molar-refractivity contribution is 6.27. The highest BCUT2D eigenvalue weighted by atomic mass is 28.2. The Balaban J connectivity index is 2.41. The molecule has 0 aliphatic rings. The number of rotatable bonds is 10. The zero-order valence-corrected chi connectivity index (χ0v) is 13.8. The van der Waals surface area contributed by atoms with E-state index < -0.39 is 15.7 Å². The number of carboxylic acid groups (broad SMARTS) is 1. The average molecular weight is 295 g/mol. The summed E-state index contributed by atoms with van der Waals surface area (Å²) in [5.74, 6) is -0.747. The van der Waals surface area contributed by atoms with Crippen molar-refractivity contribution in [2.75, 3.05) is 18.0 Å². The molecule has 0 bridgehead atoms. The van der Waals surface area contributed by atoms with Gasteiger partial charge in [-0.1, -0.05) is 18.2 Å². The van der Waals surface area contributed by atoms with Gasteiger partial charge in [0, 0.05) is 24.9 Å². The monoisotopic (exact) mass is 295 g/mol. The van der Waals surface area contributed by atoms with Crippen molar-refractivity contribution in [3.8, 4) is 0 Å². The molecule has 0 amide bonds. The molecule has 112 valence electrons. The summed E-state index contributed by atoms with van der Waals surface area (Å²) >= 11 is 0. The minimum absolute atomic E-state index is 0.175. The fourth-order valence-electron chi connectivity index (χ4n) is 1.96. The van der Waals surface area contributed by atoms with Crippen molar-refractivity contribution in [1.82, 2.24) is 0 Å². The number of benzene rings is 1. The van der Waals surface area contributed by atoms with Crippen LogP contribution in [-0.2, 0) is 9.22 Å². The maximum Gasteiger partial charge on any atom is 0.305 e. The van der Waals surface area contributed by atoms with Crippen LogP contribution in [0, 0.1) is 0 Å². The maximum absolute atomic E-state index is 10.7. The standard InChI is InChI=1S/C15H25NO3Si/c1-13(2)19-20-12-6-10-16(11-9-15(17)18)14-7-4-3-5-8-14/h3-5,7-8,13H,6,9-12,20H2,1-2H3,(H,17,18). The van der Waals surface area contributed by atoms with Gasteiger partial charge < -0.3 is 14.4 Å². The molecule has 0 aliphatic heterocycles. The van der Waals surface area contributed by atoms with Crippen LogP contribution in [0.15, 0.2) is 30.3 Å². The molecule has 0 saturated heterocycles. The molecule has 4 nitrogen and oxygen atoms in total. The fourth-order valence-corrected chi connectivity index (χ4v) is 3.03. The summed E-state index contributed by atoms with van der Waals surface area (Å²) in [7, 11) is -0.432. The molecule has 1 rings (SSSR count). The van der Waals surface area contributed by atoms with Gasteiger partial charge in [0.1, 0.15) is 0 Å². The van der Waals surface area contributed by atoms with Gasteiger partial charge in [-0.05, 0) is 38.4 Å². The van der Waals surface area contributed by atoms with Crippen LogP contribution in [0.1, 0.15) is 26.7 Å². The van der Waals surface area contributed by atoms with E-state index >= 15 is 0 Å². The lowest BCUT2D eigenvalue weighted by molar-refractivity contribution is -0.136. The number of aliphatic carboxylic acids is 1. The lowest BCUT2D eigenvalue weighted by atomic mass is 10.2. The molecule has 0 fully saturated rings. The van der Waals surface area contributed by atoms with Crippen LogP contribution in [-0.4, -0.2) is 40.0 Å². The summed E-state index contributed by atoms with van der Waals surface area (Å²) in [5, 5.41) is 8.84. The summed E-state index contributed by atoms with van der Waals surface area (Å²) in [6.45, 7) is 5.59. The van der Waals surface area contributed by atoms with Crippen LogP contribution in [0.2, 0.25) is 6.04 Å². The van der Waals surface area contributed by atoms with E-state index in [1.807, 2.05) is 30.3 Å². The van der Waals surface area contributed by atoms with Crippen LogP contribution < -0.4 is 4.90 Å². The summed E-state index contributed by atoms with van der Waals surface area (Å²) in [6.07, 6.45) is 1.57. The third kappa shape index (κ3) is 7.30. The molecule has 1 aromatic rings. The Labute approximate surface area is 123 Å². The van der Waals surface area contributed by atoms with E-state index in [2.05, 4.69) is 18.7 Å². The van der Waals surface area contributed by atoms with Crippen molar-refractivity contribution in [3.05, 3.63) is 30.3 Å². The number of nitrogens with zero attached hydrogens (tertiary/aromatic N) is 1. The minimum atomic E-state index is -0.747. The van der Waals surface area contributed by atoms with E-state index in [0.717, 1.165) is 24.7 Å². The second-order valence-corrected chi connectivity index (χ2v) is 6.54. The van der Waals surface area contributed by atoms with Crippen LogP contribution >= 0.6 is 0 Å². The molecule has 1 aromatic carbocycles. The molecule has 20 heavy (non-hydrogen) atoms. The van der Waals surface area contributed by atoms with Gasteiger partial charge in [-0.2, -0.15) is 0 Å². The molecule has 0 atom stereocenters. The van der Waals surface area contributed by atoms with Gasteiger partial charge in [0.15, 0.2) is 9.76 Å². The Kier molecular flexibility index (Phi) is 7.99. The SMILES string of the molecule is CC(C)O[SiH2]CCCN(CCC(=O)O)c1ccccc1. The molecule has 1 N–H and O–H groups in total. The van der Waals surface area contributed by atoms with Gasteiger partial charge in [-0.15, -0.1) is 0 Å². The summed E-state index contributed by atoms with van der Waals surface area (Å²) < 4.78 is 5.65. The maximum atomic E-state index is 10.7. The second-order valence-electron chi connectivity index (χ2n) is 5.09. The van der Waals surface area contributed by atoms with E-state index in [4.69, 9.17) is 9.53 Å². The number of carboxylic acids is 1. The van der Waals surface area contributed by atoms with Gasteiger partial charge in [-0.3, -0.25) is 4.79 Å². The number of hydrogen-bond donors (Lipinski definition) is 1. The first-order chi connectivity index (χ1) is 9.59. The number of para-hydroxylation sites is 1. The molecule has 0 heterocycles. The molecule has 0 aliphatic carbocycles. The van der Waals surface area contributed by atoms with Gasteiger partial charge in [0.2, 0.25) is 0 Å². The average Bonchev–Trinajstić information content (AvgIpc) is 2.42. The topological polar surface area (TPSA) is 49.8 Å². The quantitative estimate of drug-likeness (QED) is 0.531. The second kappa shape index (κ2) is 9.55. The van der Waals surface area contributed by atoms with E-state index in [9.17, 15) is 4.79 Å². The molecule has 0 spiro atoms. The first-order valence-electron chi connectivity index (χ1n) is 7.23. The number of hydrogen-bond acceptors (Lipinski definition) is 3. The minimum Gasteiger partial charge on any atom is -0.481 e. The normalized spacial score (nSPS) is 11.3. The number of anilines is 1. The fraction of sp³-hybridized carbons (Fsp3) is 0.533. The van der Waals surface area contributed by atoms with Crippen molar-refractivity contribution in [2.24, 2.45) is 0 Å². The molecular weight excluding hydrogens is 270 g/mol. The molecule has 0 unspecified atom stereocenters. The smallest absolute Gasteiger partial charge is 0.305 e. The van der Waals surface area contributed by atoms with Crippen LogP contribution in [0.4, 0.5) is 5.69 Å². The molecule has 0 radical (unpaired) electrons. The van der Waals surface area contributed by atoms with E-state index in [1.54, 1.807) is 0 Å². The van der Waals surface area contributed by atoms with E-state index in [1.165, 1.54) is 0 Å². The third-order valence-electron chi connectivity index (χ3n) is 2.99. The first-order valence-corrected chi connectivity index (χ1v) is 8.80. The lowest BCUT2D eigenvalue weighted by Crippen LogP contribution is -2.27. The van der Waals surface area contributed by atoms with Gasteiger partial charge in [0.05, 0.1) is 6.42 Å². The number of carbonyl (C=O) groups is 1. The molecule has 0 aromatic heterocycles. The van der Waals surface area contributed by atoms with Crippen LogP contribution in [0.25, 0.3) is 0 Å². The Morgan fingerprint density at radius 2 is 2.00 bits per heavy atom. The lowest BCUT2D eigenvalue weighted by Gasteiger charge is -2.24. The summed E-state index contributed by atoms with van der Waals surface area (Å²) in [4.78, 5) is 12.9. The van der Waals surface area contributed by atoms with Crippen LogP contribution in [0.3, 0.4) is 0 Å². The van der Waals surface area contributed by atoms with E-state index in [-0.39, 0.29) is 6.42 Å². The van der Waals surface area contributed by atoms with Gasteiger partial charge in [0.25, 0.3) is 0 Å². The summed E-state index contributed by atoms with van der Waals surface area (Å²) in [5.41, 5.74) is 1.10.